The summed E-state index contributed by atoms with van der Waals surface area (Å²) in [6.07, 6.45) is 4.39. The zero-order valence-corrected chi connectivity index (χ0v) is 12.4. The van der Waals surface area contributed by atoms with Crippen molar-refractivity contribution in [2.75, 3.05) is 18.5 Å². The van der Waals surface area contributed by atoms with Crippen LogP contribution in [0.1, 0.15) is 25.7 Å². The standard InChI is InChI=1S/C13H16Cl2N2O3/c14-10-7-12(13(17(18)19)8-11(10)15)16-5-4-9-3-1-2-6-20-9/h7-9,16H,1-6H2. The van der Waals surface area contributed by atoms with Gasteiger partial charge in [0, 0.05) is 19.2 Å². The van der Waals surface area contributed by atoms with E-state index in [1.807, 2.05) is 0 Å². The number of nitrogens with zero attached hydrogens (tertiary/aromatic N) is 1. The van der Waals surface area contributed by atoms with Gasteiger partial charge in [0.2, 0.25) is 0 Å². The highest BCUT2D eigenvalue weighted by Crippen LogP contribution is 2.34. The van der Waals surface area contributed by atoms with E-state index in [1.165, 1.54) is 18.6 Å². The van der Waals surface area contributed by atoms with Crippen molar-refractivity contribution in [1.29, 1.82) is 0 Å². The molecule has 0 bridgehead atoms. The molecule has 1 N–H and O–H groups in total. The summed E-state index contributed by atoms with van der Waals surface area (Å²) in [6.45, 7) is 1.40. The van der Waals surface area contributed by atoms with E-state index in [9.17, 15) is 10.1 Å². The largest absolute Gasteiger partial charge is 0.379 e. The molecule has 1 heterocycles. The lowest BCUT2D eigenvalue weighted by atomic mass is 10.1. The number of nitrogens with one attached hydrogen (secondary N) is 1. The Bertz CT molecular complexity index is 491. The van der Waals surface area contributed by atoms with Gasteiger partial charge in [-0.05, 0) is 31.7 Å². The van der Waals surface area contributed by atoms with Gasteiger partial charge >= 0.3 is 0 Å². The maximum atomic E-state index is 11.0. The van der Waals surface area contributed by atoms with Crippen LogP contribution in [0.5, 0.6) is 0 Å². The second-order valence-electron chi connectivity index (χ2n) is 4.74. The fraction of sp³-hybridized carbons (Fsp3) is 0.538. The summed E-state index contributed by atoms with van der Waals surface area (Å²) in [6, 6.07) is 2.76. The summed E-state index contributed by atoms with van der Waals surface area (Å²) in [5.74, 6) is 0. The first-order chi connectivity index (χ1) is 9.58. The van der Waals surface area contributed by atoms with Gasteiger partial charge in [-0.2, -0.15) is 0 Å². The lowest BCUT2D eigenvalue weighted by Crippen LogP contribution is -2.22. The molecule has 1 aliphatic heterocycles. The van der Waals surface area contributed by atoms with Gasteiger partial charge in [0.1, 0.15) is 5.69 Å². The molecule has 110 valence electrons. The molecule has 0 radical (unpaired) electrons. The number of rotatable bonds is 5. The Morgan fingerprint density at radius 1 is 1.35 bits per heavy atom. The maximum absolute atomic E-state index is 11.0. The van der Waals surface area contributed by atoms with Gasteiger partial charge in [0.05, 0.1) is 21.1 Å². The summed E-state index contributed by atoms with van der Waals surface area (Å²) < 4.78 is 5.62. The number of hydrogen-bond acceptors (Lipinski definition) is 4. The second-order valence-corrected chi connectivity index (χ2v) is 5.56. The molecule has 2 rings (SSSR count). The van der Waals surface area contributed by atoms with Crippen LogP contribution in [0.4, 0.5) is 11.4 Å². The van der Waals surface area contributed by atoms with E-state index < -0.39 is 4.92 Å². The Balaban J connectivity index is 1.97. The average molecular weight is 319 g/mol. The van der Waals surface area contributed by atoms with E-state index in [4.69, 9.17) is 27.9 Å². The minimum atomic E-state index is -0.471. The summed E-state index contributed by atoms with van der Waals surface area (Å²) in [5, 5.41) is 14.5. The lowest BCUT2D eigenvalue weighted by Gasteiger charge is -2.22. The highest BCUT2D eigenvalue weighted by molar-refractivity contribution is 6.42. The maximum Gasteiger partial charge on any atom is 0.293 e. The molecule has 0 spiro atoms. The number of anilines is 1. The molecule has 0 aliphatic carbocycles. The predicted molar refractivity (Wildman–Crippen MR) is 79.8 cm³/mol. The SMILES string of the molecule is O=[N+]([O-])c1cc(Cl)c(Cl)cc1NCCC1CCCCO1. The van der Waals surface area contributed by atoms with Crippen LogP contribution in [0.15, 0.2) is 12.1 Å². The van der Waals surface area contributed by atoms with E-state index in [0.717, 1.165) is 25.9 Å². The molecule has 1 aromatic carbocycles. The van der Waals surface area contributed by atoms with E-state index in [0.29, 0.717) is 17.3 Å². The molecule has 1 fully saturated rings. The molecule has 1 saturated heterocycles. The average Bonchev–Trinajstić information content (AvgIpc) is 2.43. The number of hydrogen-bond donors (Lipinski definition) is 1. The Kier molecular flexibility index (Phi) is 5.46. The van der Waals surface area contributed by atoms with Crippen molar-refractivity contribution >= 4 is 34.6 Å². The van der Waals surface area contributed by atoms with E-state index in [1.54, 1.807) is 0 Å². The Hall–Kier alpha value is -1.04. The number of halogens is 2. The first-order valence-electron chi connectivity index (χ1n) is 6.57. The third kappa shape index (κ3) is 3.98. The smallest absolute Gasteiger partial charge is 0.293 e. The number of nitro benzene ring substituents is 1. The van der Waals surface area contributed by atoms with E-state index in [-0.39, 0.29) is 16.8 Å². The van der Waals surface area contributed by atoms with Crippen LogP contribution >= 0.6 is 23.2 Å². The van der Waals surface area contributed by atoms with Gasteiger partial charge < -0.3 is 10.1 Å². The van der Waals surface area contributed by atoms with E-state index >= 15 is 0 Å². The quantitative estimate of drug-likeness (QED) is 0.650. The fourth-order valence-electron chi connectivity index (χ4n) is 2.23. The third-order valence-corrected chi connectivity index (χ3v) is 4.01. The molecule has 1 aliphatic rings. The first kappa shape index (κ1) is 15.4. The highest BCUT2D eigenvalue weighted by Gasteiger charge is 2.18. The molecule has 1 unspecified atom stereocenters. The van der Waals surface area contributed by atoms with Crippen LogP contribution in [0.3, 0.4) is 0 Å². The second kappa shape index (κ2) is 7.11. The lowest BCUT2D eigenvalue weighted by molar-refractivity contribution is -0.383. The van der Waals surface area contributed by atoms with Crippen molar-refractivity contribution in [2.45, 2.75) is 31.8 Å². The highest BCUT2D eigenvalue weighted by atomic mass is 35.5. The molecule has 1 aromatic rings. The van der Waals surface area contributed by atoms with Gasteiger partial charge in [-0.25, -0.2) is 0 Å². The predicted octanol–water partition coefficient (Wildman–Crippen LogP) is 4.27. The Morgan fingerprint density at radius 3 is 2.75 bits per heavy atom. The van der Waals surface area contributed by atoms with Crippen molar-refractivity contribution in [3.63, 3.8) is 0 Å². The summed E-state index contributed by atoms with van der Waals surface area (Å²) in [4.78, 5) is 10.5. The molecule has 0 amide bonds. The van der Waals surface area contributed by atoms with Gasteiger partial charge in [-0.3, -0.25) is 10.1 Å². The number of ether oxygens (including phenoxy) is 1. The van der Waals surface area contributed by atoms with Crippen molar-refractivity contribution in [2.24, 2.45) is 0 Å². The Labute approximate surface area is 127 Å². The first-order valence-corrected chi connectivity index (χ1v) is 7.32. The van der Waals surface area contributed by atoms with Crippen molar-refractivity contribution in [1.82, 2.24) is 0 Å². The van der Waals surface area contributed by atoms with E-state index in [2.05, 4.69) is 5.32 Å². The summed E-state index contributed by atoms with van der Waals surface area (Å²) >= 11 is 11.7. The monoisotopic (exact) mass is 318 g/mol. The summed E-state index contributed by atoms with van der Waals surface area (Å²) in [5.41, 5.74) is 0.323. The molecule has 1 atom stereocenters. The Morgan fingerprint density at radius 2 is 2.10 bits per heavy atom. The summed E-state index contributed by atoms with van der Waals surface area (Å²) in [7, 11) is 0. The molecule has 0 saturated carbocycles. The van der Waals surface area contributed by atoms with Crippen LogP contribution in [0.2, 0.25) is 10.0 Å². The number of benzene rings is 1. The zero-order valence-electron chi connectivity index (χ0n) is 10.9. The zero-order chi connectivity index (χ0) is 14.5. The van der Waals surface area contributed by atoms with Crippen molar-refractivity contribution in [3.05, 3.63) is 32.3 Å². The molecule has 7 heteroatoms. The van der Waals surface area contributed by atoms with Crippen LogP contribution in [0, 0.1) is 10.1 Å². The third-order valence-electron chi connectivity index (χ3n) is 3.29. The minimum absolute atomic E-state index is 0.0658. The number of nitro groups is 1. The molecular formula is C13H16Cl2N2O3. The fourth-order valence-corrected chi connectivity index (χ4v) is 2.55. The molecule has 0 aromatic heterocycles. The van der Waals surface area contributed by atoms with Crippen LogP contribution in [-0.4, -0.2) is 24.2 Å². The van der Waals surface area contributed by atoms with Crippen molar-refractivity contribution in [3.8, 4) is 0 Å². The molecular weight excluding hydrogens is 303 g/mol. The topological polar surface area (TPSA) is 64.4 Å². The van der Waals surface area contributed by atoms with Crippen LogP contribution in [-0.2, 0) is 4.74 Å². The van der Waals surface area contributed by atoms with Gasteiger partial charge in [-0.1, -0.05) is 23.2 Å². The van der Waals surface area contributed by atoms with Gasteiger partial charge in [-0.15, -0.1) is 0 Å². The molecule has 20 heavy (non-hydrogen) atoms. The van der Waals surface area contributed by atoms with Gasteiger partial charge in [0.15, 0.2) is 0 Å². The van der Waals surface area contributed by atoms with Crippen LogP contribution in [0.25, 0.3) is 0 Å². The van der Waals surface area contributed by atoms with Gasteiger partial charge in [0.25, 0.3) is 5.69 Å². The van der Waals surface area contributed by atoms with Crippen LogP contribution < -0.4 is 5.32 Å². The van der Waals surface area contributed by atoms with Crippen molar-refractivity contribution < 1.29 is 9.66 Å². The normalized spacial score (nSPS) is 18.8. The molecule has 5 nitrogen and oxygen atoms in total. The minimum Gasteiger partial charge on any atom is -0.379 e.